The Labute approximate surface area is 149 Å². The van der Waals surface area contributed by atoms with Crippen molar-refractivity contribution in [1.29, 1.82) is 5.26 Å². The Bertz CT molecular complexity index is 511. The maximum atomic E-state index is 9.28. The van der Waals surface area contributed by atoms with E-state index in [-0.39, 0.29) is 5.04 Å². The van der Waals surface area contributed by atoms with Crippen LogP contribution in [0.25, 0.3) is 0 Å². The second kappa shape index (κ2) is 9.24. The van der Waals surface area contributed by atoms with E-state index in [4.69, 9.17) is 4.43 Å². The van der Waals surface area contributed by atoms with E-state index in [0.717, 1.165) is 5.57 Å². The standard InChI is InChI=1S/C16H26NOSi.3CH3.Sn/c1-14(2)12-15(13-17)10-8-9-11-18-19(6,7)16(3,4)5;;;;/h1,8-9,12H,10-11H2,2-7H3;3*1H3;/b9-8+,14-1?,15-12-;;;;. The van der Waals surface area contributed by atoms with Crippen molar-refractivity contribution in [3.05, 3.63) is 33.5 Å². The van der Waals surface area contributed by atoms with Crippen molar-refractivity contribution in [2.24, 2.45) is 0 Å². The van der Waals surface area contributed by atoms with Gasteiger partial charge < -0.3 is 0 Å². The average molecular weight is 440 g/mol. The van der Waals surface area contributed by atoms with Gasteiger partial charge in [0.15, 0.2) is 0 Å². The molecule has 0 unspecified atom stereocenters. The van der Waals surface area contributed by atoms with Crippen molar-refractivity contribution in [1.82, 2.24) is 0 Å². The summed E-state index contributed by atoms with van der Waals surface area (Å²) >= 11 is -1.93. The summed E-state index contributed by atoms with van der Waals surface area (Å²) in [5.74, 6) is 0. The van der Waals surface area contributed by atoms with Crippen LogP contribution in [0.5, 0.6) is 0 Å². The van der Waals surface area contributed by atoms with E-state index < -0.39 is 26.7 Å². The molecule has 0 saturated heterocycles. The van der Waals surface area contributed by atoms with Crippen LogP contribution in [0.15, 0.2) is 33.5 Å². The first kappa shape index (κ1) is 22.7. The molecule has 0 heterocycles. The molecule has 0 spiro atoms. The Hall–Kier alpha value is -0.314. The van der Waals surface area contributed by atoms with Crippen molar-refractivity contribution in [2.45, 2.75) is 67.1 Å². The van der Waals surface area contributed by atoms with Crippen molar-refractivity contribution in [3.8, 4) is 6.07 Å². The van der Waals surface area contributed by atoms with Gasteiger partial charge in [-0.1, -0.05) is 0 Å². The molecule has 0 aliphatic carbocycles. The number of rotatable bonds is 7. The molecule has 0 aliphatic rings. The second-order valence-corrected chi connectivity index (χ2v) is 27.9. The third-order valence-corrected chi connectivity index (χ3v) is 12.3. The first-order valence-electron chi connectivity index (χ1n) is 8.37. The first-order valence-corrected chi connectivity index (χ1v) is 21.5. The van der Waals surface area contributed by atoms with Crippen molar-refractivity contribution >= 4 is 26.7 Å². The van der Waals surface area contributed by atoms with Gasteiger partial charge >= 0.3 is 150 Å². The zero-order valence-electron chi connectivity index (χ0n) is 16.6. The molecular formula is C19H35NOSiSn. The van der Waals surface area contributed by atoms with E-state index >= 15 is 0 Å². The molecule has 0 amide bonds. The quantitative estimate of drug-likeness (QED) is 0.204. The Morgan fingerprint density at radius 3 is 2.17 bits per heavy atom. The Morgan fingerprint density at radius 2 is 1.74 bits per heavy atom. The van der Waals surface area contributed by atoms with Crippen LogP contribution < -0.4 is 0 Å². The summed E-state index contributed by atoms with van der Waals surface area (Å²) in [6.07, 6.45) is 6.81. The Morgan fingerprint density at radius 1 is 1.17 bits per heavy atom. The van der Waals surface area contributed by atoms with Gasteiger partial charge in [0.2, 0.25) is 0 Å². The summed E-state index contributed by atoms with van der Waals surface area (Å²) in [5, 5.41) is 9.51. The normalized spacial score (nSPS) is 15.1. The van der Waals surface area contributed by atoms with E-state index in [1.54, 1.807) is 0 Å². The van der Waals surface area contributed by atoms with Crippen LogP contribution in [0.1, 0.15) is 34.1 Å². The second-order valence-electron chi connectivity index (χ2n) is 8.78. The fraction of sp³-hybridized carbons (Fsp3) is 0.632. The van der Waals surface area contributed by atoms with E-state index in [0.29, 0.717) is 13.0 Å². The van der Waals surface area contributed by atoms with Gasteiger partial charge in [0.1, 0.15) is 0 Å². The topological polar surface area (TPSA) is 33.0 Å². The third-order valence-electron chi connectivity index (χ3n) is 4.06. The van der Waals surface area contributed by atoms with Gasteiger partial charge in [-0.15, -0.1) is 0 Å². The van der Waals surface area contributed by atoms with Crippen LogP contribution in [-0.2, 0) is 4.43 Å². The predicted molar refractivity (Wildman–Crippen MR) is 108 cm³/mol. The molecule has 4 heteroatoms. The summed E-state index contributed by atoms with van der Waals surface area (Å²) in [7, 11) is -1.68. The Kier molecular flexibility index (Phi) is 9.12. The van der Waals surface area contributed by atoms with Crippen molar-refractivity contribution in [2.75, 3.05) is 6.61 Å². The molecule has 130 valence electrons. The predicted octanol–water partition coefficient (Wildman–Crippen LogP) is 6.23. The molecule has 0 radical (unpaired) electrons. The van der Waals surface area contributed by atoms with E-state index in [9.17, 15) is 5.26 Å². The monoisotopic (exact) mass is 441 g/mol. The van der Waals surface area contributed by atoms with E-state index in [1.807, 2.05) is 12.2 Å². The number of hydrogen-bond donors (Lipinski definition) is 0. The molecular weight excluding hydrogens is 405 g/mol. The summed E-state index contributed by atoms with van der Waals surface area (Å²) < 4.78 is 8.50. The molecule has 0 aromatic carbocycles. The first-order chi connectivity index (χ1) is 10.3. The Balaban J connectivity index is 4.60. The summed E-state index contributed by atoms with van der Waals surface area (Å²) in [4.78, 5) is 7.11. The van der Waals surface area contributed by atoms with Gasteiger partial charge in [0.25, 0.3) is 0 Å². The summed E-state index contributed by atoms with van der Waals surface area (Å²) in [6, 6.07) is 2.31. The zero-order chi connectivity index (χ0) is 18.3. The van der Waals surface area contributed by atoms with E-state index in [1.165, 1.54) is 5.57 Å². The molecule has 0 bridgehead atoms. The van der Waals surface area contributed by atoms with Crippen LogP contribution in [0.4, 0.5) is 0 Å². The number of nitrogens with zero attached hydrogens (tertiary/aromatic N) is 1. The van der Waals surface area contributed by atoms with Gasteiger partial charge in [0, 0.05) is 0 Å². The molecule has 0 aromatic rings. The van der Waals surface area contributed by atoms with Crippen LogP contribution in [0.3, 0.4) is 0 Å². The average Bonchev–Trinajstić information content (AvgIpc) is 2.33. The summed E-state index contributed by atoms with van der Waals surface area (Å²) in [5.41, 5.74) is 2.05. The maximum absolute atomic E-state index is 9.28. The van der Waals surface area contributed by atoms with Gasteiger partial charge in [-0.2, -0.15) is 0 Å². The van der Waals surface area contributed by atoms with Crippen LogP contribution in [-0.4, -0.2) is 33.3 Å². The number of nitriles is 1. The number of allylic oxidation sites excluding steroid dienone is 4. The molecule has 0 rings (SSSR count). The van der Waals surface area contributed by atoms with Crippen molar-refractivity contribution < 1.29 is 4.43 Å². The third kappa shape index (κ3) is 10.2. The number of hydrogen-bond acceptors (Lipinski definition) is 2. The molecule has 0 fully saturated rings. The molecule has 23 heavy (non-hydrogen) atoms. The minimum absolute atomic E-state index is 0.235. The molecule has 2 nitrogen and oxygen atoms in total. The van der Waals surface area contributed by atoms with Gasteiger partial charge in [-0.25, -0.2) is 0 Å². The SMILES string of the molecule is CC(=[CH]/[Sn]([CH3])([CH3])[CH3])/C=C(\C#N)C/C=C/CO[Si](C)(C)C(C)(C)C. The van der Waals surface area contributed by atoms with Crippen LogP contribution >= 0.6 is 0 Å². The molecule has 0 atom stereocenters. The van der Waals surface area contributed by atoms with Crippen LogP contribution in [0.2, 0.25) is 33.0 Å². The fourth-order valence-corrected chi connectivity index (χ4v) is 6.97. The van der Waals surface area contributed by atoms with Crippen LogP contribution in [0, 0.1) is 11.3 Å². The molecule has 0 aliphatic heterocycles. The summed E-state index contributed by atoms with van der Waals surface area (Å²) in [6.45, 7) is 14.0. The minimum atomic E-state index is -1.93. The molecule has 0 N–H and O–H groups in total. The van der Waals surface area contributed by atoms with Gasteiger partial charge in [-0.05, 0) is 0 Å². The van der Waals surface area contributed by atoms with Gasteiger partial charge in [0.05, 0.1) is 0 Å². The fourth-order valence-electron chi connectivity index (χ4n) is 1.89. The molecule has 0 aromatic heterocycles. The zero-order valence-corrected chi connectivity index (χ0v) is 20.4. The molecule has 0 saturated carbocycles. The van der Waals surface area contributed by atoms with Crippen molar-refractivity contribution in [3.63, 3.8) is 0 Å². The van der Waals surface area contributed by atoms with Gasteiger partial charge in [-0.3, -0.25) is 0 Å². The van der Waals surface area contributed by atoms with E-state index in [2.05, 4.69) is 71.8 Å².